The van der Waals surface area contributed by atoms with E-state index in [1.54, 1.807) is 6.33 Å². The van der Waals surface area contributed by atoms with Gasteiger partial charge >= 0.3 is 0 Å². The number of hydrogen-bond donors (Lipinski definition) is 0. The minimum Gasteiger partial charge on any atom is -0.494 e. The number of hydrogen-bond acceptors (Lipinski definition) is 5. The first kappa shape index (κ1) is 25.1. The van der Waals surface area contributed by atoms with Crippen LogP contribution in [-0.2, 0) is 6.42 Å². The monoisotopic (exact) mass is 514 g/mol. The fourth-order valence-corrected chi connectivity index (χ4v) is 6.02. The molecule has 0 radical (unpaired) electrons. The number of rotatable bonds is 6. The lowest BCUT2D eigenvalue weighted by Gasteiger charge is -2.40. The highest BCUT2D eigenvalue weighted by molar-refractivity contribution is 6.03. The van der Waals surface area contributed by atoms with Gasteiger partial charge in [-0.3, -0.25) is 4.99 Å². The molecule has 0 bridgehead atoms. The minimum atomic E-state index is 0.0841. The summed E-state index contributed by atoms with van der Waals surface area (Å²) in [7, 11) is 0. The highest BCUT2D eigenvalue weighted by atomic mass is 16.5. The van der Waals surface area contributed by atoms with Crippen molar-refractivity contribution in [3.63, 3.8) is 0 Å². The SMILES string of the molecule is C#Cc1ccc(C2=Cc3c(ncnc3N3CCC(C)(C4=NC(C)=C(c5ccc(OCC)cc5)C4)CC3)C2)cc1. The molecule has 6 rings (SSSR count). The van der Waals surface area contributed by atoms with Gasteiger partial charge in [-0.2, -0.15) is 0 Å². The minimum absolute atomic E-state index is 0.0841. The fraction of sp³-hybridized carbons (Fsp3) is 0.324. The molecule has 3 aromatic rings. The average Bonchev–Trinajstić information content (AvgIpc) is 3.58. The maximum Gasteiger partial charge on any atom is 0.139 e. The van der Waals surface area contributed by atoms with E-state index in [0.29, 0.717) is 6.61 Å². The number of allylic oxidation sites excluding steroid dienone is 3. The van der Waals surface area contributed by atoms with Crippen LogP contribution in [0.1, 0.15) is 68.0 Å². The summed E-state index contributed by atoms with van der Waals surface area (Å²) in [5.74, 6) is 4.66. The van der Waals surface area contributed by atoms with E-state index in [1.807, 2.05) is 19.1 Å². The molecule has 1 aromatic heterocycles. The number of benzene rings is 2. The number of terminal acetylenes is 1. The number of fused-ring (bicyclic) bond motifs is 1. The Kier molecular flexibility index (Phi) is 6.56. The van der Waals surface area contributed by atoms with Crippen molar-refractivity contribution in [3.05, 3.63) is 88.5 Å². The van der Waals surface area contributed by atoms with Crippen LogP contribution in [0.2, 0.25) is 0 Å². The smallest absolute Gasteiger partial charge is 0.139 e. The Hall–Kier alpha value is -4.17. The van der Waals surface area contributed by atoms with Crippen LogP contribution in [0, 0.1) is 17.8 Å². The molecule has 39 heavy (non-hydrogen) atoms. The third kappa shape index (κ3) is 4.76. The van der Waals surface area contributed by atoms with E-state index in [0.717, 1.165) is 72.9 Å². The standard InChI is InChI=1S/C34H34N4O/c1-5-24-7-9-25(10-8-24)27-19-30-31(20-27)35-22-36-33(30)38-17-15-34(4,16-18-38)32-21-29(23(3)37-32)26-11-13-28(14-12-26)39-6-2/h1,7-14,19,22H,6,15-18,20-21H2,2-4H3. The second kappa shape index (κ2) is 10.2. The molecule has 2 aromatic carbocycles. The van der Waals surface area contributed by atoms with E-state index in [9.17, 15) is 0 Å². The van der Waals surface area contributed by atoms with Gasteiger partial charge in [0.05, 0.1) is 12.3 Å². The van der Waals surface area contributed by atoms with Crippen LogP contribution in [0.25, 0.3) is 17.2 Å². The van der Waals surface area contributed by atoms with Gasteiger partial charge in [0.15, 0.2) is 0 Å². The molecule has 196 valence electrons. The molecule has 0 atom stereocenters. The number of piperidine rings is 1. The molecule has 5 nitrogen and oxygen atoms in total. The Morgan fingerprint density at radius 3 is 2.38 bits per heavy atom. The largest absolute Gasteiger partial charge is 0.494 e. The molecule has 1 aliphatic carbocycles. The summed E-state index contributed by atoms with van der Waals surface area (Å²) in [6.07, 6.45) is 13.4. The molecule has 0 spiro atoms. The van der Waals surface area contributed by atoms with Crippen molar-refractivity contribution >= 4 is 28.8 Å². The van der Waals surface area contributed by atoms with Crippen LogP contribution in [0.5, 0.6) is 5.75 Å². The fourth-order valence-electron chi connectivity index (χ4n) is 6.02. The van der Waals surface area contributed by atoms with Gasteiger partial charge in [0, 0.05) is 53.9 Å². The Labute approximate surface area is 231 Å². The molecule has 0 amide bonds. The summed E-state index contributed by atoms with van der Waals surface area (Å²) in [6.45, 7) is 9.13. The maximum atomic E-state index is 5.63. The van der Waals surface area contributed by atoms with Crippen LogP contribution >= 0.6 is 0 Å². The van der Waals surface area contributed by atoms with E-state index < -0.39 is 0 Å². The molecule has 0 N–H and O–H groups in total. The topological polar surface area (TPSA) is 50.6 Å². The predicted octanol–water partition coefficient (Wildman–Crippen LogP) is 6.84. The molecule has 3 aliphatic rings. The van der Waals surface area contributed by atoms with Crippen molar-refractivity contribution in [1.82, 2.24) is 9.97 Å². The molecule has 3 heterocycles. The van der Waals surface area contributed by atoms with Gasteiger partial charge in [-0.1, -0.05) is 37.1 Å². The first-order valence-corrected chi connectivity index (χ1v) is 13.8. The van der Waals surface area contributed by atoms with E-state index in [1.165, 1.54) is 28.0 Å². The van der Waals surface area contributed by atoms with Gasteiger partial charge in [0.1, 0.15) is 17.9 Å². The normalized spacial score (nSPS) is 17.9. The molecule has 0 saturated carbocycles. The lowest BCUT2D eigenvalue weighted by molar-refractivity contribution is 0.340. The van der Waals surface area contributed by atoms with Gasteiger partial charge in [-0.25, -0.2) is 9.97 Å². The zero-order chi connectivity index (χ0) is 27.0. The van der Waals surface area contributed by atoms with Crippen LogP contribution in [0.15, 0.2) is 65.5 Å². The highest BCUT2D eigenvalue weighted by Crippen LogP contribution is 2.43. The van der Waals surface area contributed by atoms with E-state index in [2.05, 4.69) is 72.1 Å². The second-order valence-corrected chi connectivity index (χ2v) is 10.9. The van der Waals surface area contributed by atoms with Crippen molar-refractivity contribution in [3.8, 4) is 18.1 Å². The number of ether oxygens (including phenoxy) is 1. The third-order valence-electron chi connectivity index (χ3n) is 8.50. The van der Waals surface area contributed by atoms with E-state index in [-0.39, 0.29) is 5.41 Å². The molecule has 1 saturated heterocycles. The van der Waals surface area contributed by atoms with Crippen LogP contribution in [-0.4, -0.2) is 35.4 Å². The summed E-state index contributed by atoms with van der Waals surface area (Å²) < 4.78 is 5.63. The molecule has 2 aliphatic heterocycles. The Balaban J connectivity index is 1.15. The van der Waals surface area contributed by atoms with E-state index >= 15 is 0 Å². The first-order valence-electron chi connectivity index (χ1n) is 13.8. The van der Waals surface area contributed by atoms with Crippen molar-refractivity contribution in [1.29, 1.82) is 0 Å². The van der Waals surface area contributed by atoms with Gasteiger partial charge in [-0.05, 0) is 79.3 Å². The molecule has 5 heteroatoms. The lowest BCUT2D eigenvalue weighted by Crippen LogP contribution is -2.43. The summed E-state index contributed by atoms with van der Waals surface area (Å²) in [5.41, 5.74) is 10.7. The van der Waals surface area contributed by atoms with Gasteiger partial charge in [0.25, 0.3) is 0 Å². The van der Waals surface area contributed by atoms with E-state index in [4.69, 9.17) is 21.1 Å². The molecular weight excluding hydrogens is 480 g/mol. The zero-order valence-corrected chi connectivity index (χ0v) is 23.0. The number of aromatic nitrogens is 2. The van der Waals surface area contributed by atoms with Crippen molar-refractivity contribution in [2.75, 3.05) is 24.6 Å². The third-order valence-corrected chi connectivity index (χ3v) is 8.50. The second-order valence-electron chi connectivity index (χ2n) is 10.9. The Bertz CT molecular complexity index is 1530. The van der Waals surface area contributed by atoms with Crippen LogP contribution in [0.3, 0.4) is 0 Å². The number of anilines is 1. The maximum absolute atomic E-state index is 5.63. The van der Waals surface area contributed by atoms with Crippen LogP contribution in [0.4, 0.5) is 5.82 Å². The number of aliphatic imine (C=N–C) groups is 1. The van der Waals surface area contributed by atoms with Gasteiger partial charge in [0.2, 0.25) is 0 Å². The summed E-state index contributed by atoms with van der Waals surface area (Å²) in [6, 6.07) is 16.6. The van der Waals surface area contributed by atoms with Gasteiger partial charge in [-0.15, -0.1) is 6.42 Å². The first-order chi connectivity index (χ1) is 19.0. The van der Waals surface area contributed by atoms with Crippen LogP contribution < -0.4 is 9.64 Å². The predicted molar refractivity (Wildman–Crippen MR) is 160 cm³/mol. The average molecular weight is 515 g/mol. The quantitative estimate of drug-likeness (QED) is 0.338. The molecular formula is C34H34N4O. The van der Waals surface area contributed by atoms with Crippen molar-refractivity contribution in [2.45, 2.75) is 46.5 Å². The highest BCUT2D eigenvalue weighted by Gasteiger charge is 2.38. The summed E-state index contributed by atoms with van der Waals surface area (Å²) in [4.78, 5) is 16.9. The van der Waals surface area contributed by atoms with Crippen molar-refractivity contribution in [2.24, 2.45) is 10.4 Å². The zero-order valence-electron chi connectivity index (χ0n) is 23.0. The summed E-state index contributed by atoms with van der Waals surface area (Å²) in [5, 5.41) is 0. The molecule has 0 unspecified atom stereocenters. The number of nitrogens with zero attached hydrogens (tertiary/aromatic N) is 4. The Morgan fingerprint density at radius 2 is 1.69 bits per heavy atom. The summed E-state index contributed by atoms with van der Waals surface area (Å²) >= 11 is 0. The lowest BCUT2D eigenvalue weighted by atomic mass is 9.74. The Morgan fingerprint density at radius 1 is 0.974 bits per heavy atom. The van der Waals surface area contributed by atoms with Crippen molar-refractivity contribution < 1.29 is 4.74 Å². The molecule has 1 fully saturated rings. The van der Waals surface area contributed by atoms with Gasteiger partial charge < -0.3 is 9.64 Å².